The van der Waals surface area contributed by atoms with Crippen LogP contribution in [0.5, 0.6) is 0 Å². The maximum Gasteiger partial charge on any atom is 0.402 e. The standard InChI is InChI=1S/C16H20O2Si/c1-11-7-5-9-15(13(11)3)19(17,18)16-10-6-8-12(2)14(16)4/h5-10,17-18H,1-4H3. The maximum absolute atomic E-state index is 10.8. The molecule has 100 valence electrons. The zero-order valence-corrected chi connectivity index (χ0v) is 12.9. The van der Waals surface area contributed by atoms with Crippen LogP contribution < -0.4 is 10.4 Å². The number of aryl methyl sites for hydroxylation is 2. The molecule has 0 unspecified atom stereocenters. The molecule has 2 aromatic rings. The van der Waals surface area contributed by atoms with Gasteiger partial charge in [0.1, 0.15) is 0 Å². The van der Waals surface area contributed by atoms with Gasteiger partial charge in [-0.15, -0.1) is 0 Å². The quantitative estimate of drug-likeness (QED) is 0.813. The first kappa shape index (κ1) is 14.0. The molecule has 0 spiro atoms. The van der Waals surface area contributed by atoms with Crippen LogP contribution in [0, 0.1) is 27.7 Å². The first-order valence-corrected chi connectivity index (χ1v) is 8.33. The van der Waals surface area contributed by atoms with E-state index in [9.17, 15) is 9.59 Å². The van der Waals surface area contributed by atoms with Crippen molar-refractivity contribution in [1.29, 1.82) is 0 Å². The number of benzene rings is 2. The fraction of sp³-hybridized carbons (Fsp3) is 0.250. The predicted octanol–water partition coefficient (Wildman–Crippen LogP) is 1.46. The lowest BCUT2D eigenvalue weighted by Crippen LogP contribution is -2.61. The monoisotopic (exact) mass is 272 g/mol. The van der Waals surface area contributed by atoms with Crippen molar-refractivity contribution >= 4 is 18.9 Å². The van der Waals surface area contributed by atoms with Gasteiger partial charge in [-0.2, -0.15) is 0 Å². The lowest BCUT2D eigenvalue weighted by molar-refractivity contribution is 0.401. The molecule has 2 rings (SSSR count). The largest absolute Gasteiger partial charge is 0.404 e. The summed E-state index contributed by atoms with van der Waals surface area (Å²) in [6.45, 7) is 7.88. The van der Waals surface area contributed by atoms with Crippen LogP contribution in [0.15, 0.2) is 36.4 Å². The van der Waals surface area contributed by atoms with Crippen LogP contribution in [0.25, 0.3) is 0 Å². The Morgan fingerprint density at radius 2 is 1.05 bits per heavy atom. The van der Waals surface area contributed by atoms with Crippen LogP contribution in [-0.2, 0) is 0 Å². The lowest BCUT2D eigenvalue weighted by atomic mass is 10.1. The Morgan fingerprint density at radius 1 is 0.684 bits per heavy atom. The summed E-state index contributed by atoms with van der Waals surface area (Å²) in [5, 5.41) is 1.36. The molecule has 2 nitrogen and oxygen atoms in total. The van der Waals surface area contributed by atoms with Crippen molar-refractivity contribution in [3.05, 3.63) is 58.7 Å². The molecule has 3 heteroatoms. The second-order valence-corrected chi connectivity index (χ2v) is 7.59. The third-order valence-electron chi connectivity index (χ3n) is 3.96. The van der Waals surface area contributed by atoms with Crippen molar-refractivity contribution in [3.8, 4) is 0 Å². The van der Waals surface area contributed by atoms with Gasteiger partial charge in [0.2, 0.25) is 0 Å². The van der Waals surface area contributed by atoms with E-state index in [-0.39, 0.29) is 0 Å². The molecule has 0 aliphatic heterocycles. The highest BCUT2D eigenvalue weighted by Crippen LogP contribution is 2.11. The Bertz CT molecular complexity index is 565. The average Bonchev–Trinajstić information content (AvgIpc) is 2.35. The summed E-state index contributed by atoms with van der Waals surface area (Å²) in [6.07, 6.45) is 0. The Labute approximate surface area is 115 Å². The zero-order chi connectivity index (χ0) is 14.2. The molecule has 0 aliphatic rings. The van der Waals surface area contributed by atoms with Gasteiger partial charge in [0.25, 0.3) is 0 Å². The summed E-state index contributed by atoms with van der Waals surface area (Å²) in [6, 6.07) is 11.4. The predicted molar refractivity (Wildman–Crippen MR) is 81.3 cm³/mol. The second kappa shape index (κ2) is 4.93. The van der Waals surface area contributed by atoms with Gasteiger partial charge < -0.3 is 9.59 Å². The summed E-state index contributed by atoms with van der Waals surface area (Å²) in [4.78, 5) is 21.5. The van der Waals surface area contributed by atoms with Gasteiger partial charge >= 0.3 is 8.56 Å². The molecular formula is C16H20O2Si. The molecule has 0 aliphatic carbocycles. The SMILES string of the molecule is Cc1cccc([Si](O)(O)c2cccc(C)c2C)c1C. The van der Waals surface area contributed by atoms with Crippen LogP contribution in [0.4, 0.5) is 0 Å². The van der Waals surface area contributed by atoms with E-state index in [0.717, 1.165) is 22.3 Å². The van der Waals surface area contributed by atoms with Crippen LogP contribution in [0.1, 0.15) is 22.3 Å². The highest BCUT2D eigenvalue weighted by atomic mass is 28.4. The molecule has 0 fully saturated rings. The molecule has 0 amide bonds. The fourth-order valence-corrected chi connectivity index (χ4v) is 4.79. The van der Waals surface area contributed by atoms with Crippen LogP contribution in [0.2, 0.25) is 0 Å². The minimum Gasteiger partial charge on any atom is -0.404 e. The van der Waals surface area contributed by atoms with Gasteiger partial charge in [-0.25, -0.2) is 0 Å². The van der Waals surface area contributed by atoms with E-state index in [0.29, 0.717) is 10.4 Å². The van der Waals surface area contributed by atoms with Crippen LogP contribution in [0.3, 0.4) is 0 Å². The fourth-order valence-electron chi connectivity index (χ4n) is 2.40. The van der Waals surface area contributed by atoms with Crippen molar-refractivity contribution in [1.82, 2.24) is 0 Å². The Kier molecular flexibility index (Phi) is 3.63. The topological polar surface area (TPSA) is 40.5 Å². The molecule has 2 aromatic carbocycles. The van der Waals surface area contributed by atoms with Crippen LogP contribution in [-0.4, -0.2) is 18.2 Å². The number of hydrogen-bond donors (Lipinski definition) is 2. The van der Waals surface area contributed by atoms with E-state index in [2.05, 4.69) is 0 Å². The normalized spacial score (nSPS) is 11.7. The van der Waals surface area contributed by atoms with E-state index in [1.54, 1.807) is 0 Å². The third-order valence-corrected chi connectivity index (χ3v) is 6.55. The first-order chi connectivity index (χ1) is 8.85. The van der Waals surface area contributed by atoms with Gasteiger partial charge in [-0.05, 0) is 49.9 Å². The number of rotatable bonds is 2. The van der Waals surface area contributed by atoms with Crippen molar-refractivity contribution in [2.45, 2.75) is 27.7 Å². The highest BCUT2D eigenvalue weighted by molar-refractivity contribution is 6.91. The van der Waals surface area contributed by atoms with Gasteiger partial charge in [-0.3, -0.25) is 0 Å². The average molecular weight is 272 g/mol. The van der Waals surface area contributed by atoms with Crippen molar-refractivity contribution in [3.63, 3.8) is 0 Å². The van der Waals surface area contributed by atoms with Gasteiger partial charge in [-0.1, -0.05) is 36.4 Å². The molecule has 0 saturated heterocycles. The summed E-state index contributed by atoms with van der Waals surface area (Å²) < 4.78 is 0. The molecule has 19 heavy (non-hydrogen) atoms. The van der Waals surface area contributed by atoms with Gasteiger partial charge in [0.15, 0.2) is 0 Å². The third kappa shape index (κ3) is 2.37. The van der Waals surface area contributed by atoms with Crippen molar-refractivity contribution in [2.24, 2.45) is 0 Å². The Balaban J connectivity index is 2.65. The second-order valence-electron chi connectivity index (χ2n) is 5.17. The van der Waals surface area contributed by atoms with E-state index < -0.39 is 8.56 Å². The van der Waals surface area contributed by atoms with Gasteiger partial charge in [0.05, 0.1) is 0 Å². The molecule has 2 N–H and O–H groups in total. The summed E-state index contributed by atoms with van der Waals surface area (Å²) in [5.74, 6) is 0. The molecule has 0 heterocycles. The smallest absolute Gasteiger partial charge is 0.402 e. The Morgan fingerprint density at radius 3 is 1.42 bits per heavy atom. The summed E-state index contributed by atoms with van der Waals surface area (Å²) in [7, 11) is -3.61. The molecule has 0 radical (unpaired) electrons. The maximum atomic E-state index is 10.8. The number of hydrogen-bond acceptors (Lipinski definition) is 2. The van der Waals surface area contributed by atoms with Crippen molar-refractivity contribution < 1.29 is 9.59 Å². The van der Waals surface area contributed by atoms with E-state index in [4.69, 9.17) is 0 Å². The molecule has 0 atom stereocenters. The van der Waals surface area contributed by atoms with E-state index in [1.807, 2.05) is 64.1 Å². The molecule has 0 bridgehead atoms. The Hall–Kier alpha value is -1.42. The summed E-state index contributed by atoms with van der Waals surface area (Å²) in [5.41, 5.74) is 4.12. The molecule has 0 saturated carbocycles. The molecular weight excluding hydrogens is 252 g/mol. The summed E-state index contributed by atoms with van der Waals surface area (Å²) >= 11 is 0. The minimum absolute atomic E-state index is 0.682. The van der Waals surface area contributed by atoms with E-state index in [1.165, 1.54) is 0 Å². The first-order valence-electron chi connectivity index (χ1n) is 6.44. The zero-order valence-electron chi connectivity index (χ0n) is 11.9. The highest BCUT2D eigenvalue weighted by Gasteiger charge is 2.37. The van der Waals surface area contributed by atoms with Gasteiger partial charge in [0, 0.05) is 10.4 Å². The van der Waals surface area contributed by atoms with E-state index >= 15 is 0 Å². The lowest BCUT2D eigenvalue weighted by Gasteiger charge is -2.24. The molecule has 0 aromatic heterocycles. The van der Waals surface area contributed by atoms with Crippen LogP contribution >= 0.6 is 0 Å². The minimum atomic E-state index is -3.61. The van der Waals surface area contributed by atoms with Crippen molar-refractivity contribution in [2.75, 3.05) is 0 Å².